The Labute approximate surface area is 61.5 Å². The maximum atomic E-state index is 3.75. The Bertz CT molecular complexity index is 80.6. The van der Waals surface area contributed by atoms with Crippen LogP contribution in [0.2, 0.25) is 5.54 Å². The van der Waals surface area contributed by atoms with E-state index in [4.69, 9.17) is 0 Å². The van der Waals surface area contributed by atoms with Crippen molar-refractivity contribution in [2.24, 2.45) is 5.92 Å². The lowest BCUT2D eigenvalue weighted by Gasteiger charge is -2.12. The minimum absolute atomic E-state index is 0.838. The quantitative estimate of drug-likeness (QED) is 0.516. The van der Waals surface area contributed by atoms with Crippen LogP contribution in [0.25, 0.3) is 0 Å². The van der Waals surface area contributed by atoms with Crippen molar-refractivity contribution in [1.82, 2.24) is 0 Å². The van der Waals surface area contributed by atoms with Gasteiger partial charge in [0.2, 0.25) is 0 Å². The molecule has 1 saturated carbocycles. The highest BCUT2D eigenvalue weighted by molar-refractivity contribution is 6.11. The molecule has 2 unspecified atom stereocenters. The predicted octanol–water partition coefficient (Wildman–Crippen LogP) is 2.54. The van der Waals surface area contributed by atoms with Gasteiger partial charge in [0.15, 0.2) is 0 Å². The summed E-state index contributed by atoms with van der Waals surface area (Å²) in [7, 11) is 3.75. The highest BCUT2D eigenvalue weighted by atomic mass is 28.1. The molecule has 1 rings (SSSR count). The SMILES string of the molecule is CCCC1CCCC1[Si]. The zero-order valence-corrected chi connectivity index (χ0v) is 7.19. The molecule has 0 saturated heterocycles. The zero-order valence-electron chi connectivity index (χ0n) is 6.19. The fourth-order valence-corrected chi connectivity index (χ4v) is 2.29. The van der Waals surface area contributed by atoms with E-state index < -0.39 is 0 Å². The van der Waals surface area contributed by atoms with Crippen LogP contribution in [0.5, 0.6) is 0 Å². The Balaban J connectivity index is 2.22. The molecule has 1 heteroatoms. The fourth-order valence-electron chi connectivity index (χ4n) is 1.75. The standard InChI is InChI=1S/C8H15Si/c1-2-4-7-5-3-6-8(7)9/h7-8H,2-6H2,1H3. The maximum Gasteiger partial charge on any atom is 0.0270 e. The third-order valence-corrected chi connectivity index (χ3v) is 3.08. The lowest BCUT2D eigenvalue weighted by molar-refractivity contribution is 0.496. The average molecular weight is 139 g/mol. The summed E-state index contributed by atoms with van der Waals surface area (Å²) in [6.07, 6.45) is 7.09. The Kier molecular flexibility index (Phi) is 2.77. The van der Waals surface area contributed by atoms with Crippen LogP contribution in [0.3, 0.4) is 0 Å². The van der Waals surface area contributed by atoms with Gasteiger partial charge in [0, 0.05) is 10.2 Å². The van der Waals surface area contributed by atoms with Crippen molar-refractivity contribution in [3.63, 3.8) is 0 Å². The first-order valence-electron chi connectivity index (χ1n) is 4.05. The van der Waals surface area contributed by atoms with E-state index in [9.17, 15) is 0 Å². The van der Waals surface area contributed by atoms with E-state index in [1.54, 1.807) is 0 Å². The van der Waals surface area contributed by atoms with E-state index in [-0.39, 0.29) is 0 Å². The Hall–Kier alpha value is 0.217. The first-order valence-corrected chi connectivity index (χ1v) is 4.63. The molecular weight excluding hydrogens is 124 g/mol. The molecule has 0 bridgehead atoms. The molecule has 9 heavy (non-hydrogen) atoms. The van der Waals surface area contributed by atoms with E-state index in [0.717, 1.165) is 11.5 Å². The largest absolute Gasteiger partial charge is 0.0654 e. The monoisotopic (exact) mass is 139 g/mol. The Morgan fingerprint density at radius 1 is 1.44 bits per heavy atom. The summed E-state index contributed by atoms with van der Waals surface area (Å²) in [5, 5.41) is 0. The van der Waals surface area contributed by atoms with E-state index in [0.29, 0.717) is 0 Å². The summed E-state index contributed by atoms with van der Waals surface area (Å²) in [4.78, 5) is 0. The second-order valence-electron chi connectivity index (χ2n) is 3.09. The molecule has 2 atom stereocenters. The van der Waals surface area contributed by atoms with Gasteiger partial charge in [-0.15, -0.1) is 0 Å². The first-order chi connectivity index (χ1) is 4.34. The number of rotatable bonds is 2. The van der Waals surface area contributed by atoms with E-state index in [1.165, 1.54) is 32.1 Å². The van der Waals surface area contributed by atoms with Crippen LogP contribution in [-0.2, 0) is 0 Å². The van der Waals surface area contributed by atoms with Crippen molar-refractivity contribution in [3.8, 4) is 0 Å². The minimum atomic E-state index is 0.838. The van der Waals surface area contributed by atoms with Crippen LogP contribution in [0.1, 0.15) is 39.0 Å². The zero-order chi connectivity index (χ0) is 6.69. The van der Waals surface area contributed by atoms with Gasteiger partial charge in [0.05, 0.1) is 0 Å². The topological polar surface area (TPSA) is 0 Å². The van der Waals surface area contributed by atoms with Crippen LogP contribution in [0.15, 0.2) is 0 Å². The second-order valence-corrected chi connectivity index (χ2v) is 3.83. The van der Waals surface area contributed by atoms with E-state index in [2.05, 4.69) is 17.2 Å². The van der Waals surface area contributed by atoms with Crippen LogP contribution < -0.4 is 0 Å². The molecule has 0 aromatic carbocycles. The minimum Gasteiger partial charge on any atom is -0.0654 e. The van der Waals surface area contributed by atoms with Crippen molar-refractivity contribution in [2.75, 3.05) is 0 Å². The summed E-state index contributed by atoms with van der Waals surface area (Å²) < 4.78 is 0. The van der Waals surface area contributed by atoms with Crippen LogP contribution in [-0.4, -0.2) is 10.2 Å². The molecule has 0 aliphatic heterocycles. The van der Waals surface area contributed by atoms with Gasteiger partial charge in [-0.25, -0.2) is 0 Å². The lowest BCUT2D eigenvalue weighted by atomic mass is 10.0. The summed E-state index contributed by atoms with van der Waals surface area (Å²) in [6.45, 7) is 2.28. The van der Waals surface area contributed by atoms with Gasteiger partial charge in [-0.05, 0) is 11.5 Å². The highest BCUT2D eigenvalue weighted by Gasteiger charge is 2.21. The summed E-state index contributed by atoms with van der Waals surface area (Å²) in [6, 6.07) is 0. The van der Waals surface area contributed by atoms with Crippen molar-refractivity contribution >= 4 is 10.2 Å². The maximum absolute atomic E-state index is 3.75. The molecule has 0 nitrogen and oxygen atoms in total. The Morgan fingerprint density at radius 2 is 2.22 bits per heavy atom. The molecule has 0 amide bonds. The predicted molar refractivity (Wildman–Crippen MR) is 41.8 cm³/mol. The average Bonchev–Trinajstić information content (AvgIpc) is 2.18. The lowest BCUT2D eigenvalue weighted by Crippen LogP contribution is -2.00. The fraction of sp³-hybridized carbons (Fsp3) is 1.00. The van der Waals surface area contributed by atoms with Gasteiger partial charge in [-0.3, -0.25) is 0 Å². The van der Waals surface area contributed by atoms with Gasteiger partial charge in [-0.1, -0.05) is 39.0 Å². The van der Waals surface area contributed by atoms with Gasteiger partial charge in [0.1, 0.15) is 0 Å². The van der Waals surface area contributed by atoms with E-state index >= 15 is 0 Å². The molecule has 1 aliphatic carbocycles. The molecule has 0 N–H and O–H groups in total. The molecule has 1 fully saturated rings. The van der Waals surface area contributed by atoms with E-state index in [1.807, 2.05) is 0 Å². The third kappa shape index (κ3) is 1.82. The van der Waals surface area contributed by atoms with Crippen LogP contribution in [0.4, 0.5) is 0 Å². The number of hydrogen-bond donors (Lipinski definition) is 0. The van der Waals surface area contributed by atoms with Crippen LogP contribution >= 0.6 is 0 Å². The highest BCUT2D eigenvalue weighted by Crippen LogP contribution is 2.36. The van der Waals surface area contributed by atoms with Crippen molar-refractivity contribution < 1.29 is 0 Å². The smallest absolute Gasteiger partial charge is 0.0270 e. The normalized spacial score (nSPS) is 35.3. The third-order valence-electron chi connectivity index (χ3n) is 2.32. The summed E-state index contributed by atoms with van der Waals surface area (Å²) in [5.41, 5.74) is 0.838. The van der Waals surface area contributed by atoms with Gasteiger partial charge < -0.3 is 0 Å². The molecule has 0 heterocycles. The van der Waals surface area contributed by atoms with Crippen molar-refractivity contribution in [3.05, 3.63) is 0 Å². The summed E-state index contributed by atoms with van der Waals surface area (Å²) in [5.74, 6) is 0.992. The van der Waals surface area contributed by atoms with Crippen LogP contribution in [0, 0.1) is 5.92 Å². The first kappa shape index (κ1) is 7.33. The van der Waals surface area contributed by atoms with Crippen molar-refractivity contribution in [2.45, 2.75) is 44.6 Å². The Morgan fingerprint density at radius 3 is 2.67 bits per heavy atom. The molecule has 3 radical (unpaired) electrons. The van der Waals surface area contributed by atoms with Gasteiger partial charge >= 0.3 is 0 Å². The molecule has 51 valence electrons. The molecule has 0 aromatic rings. The van der Waals surface area contributed by atoms with Gasteiger partial charge in [0.25, 0.3) is 0 Å². The second kappa shape index (κ2) is 3.40. The molecular formula is C8H15Si. The molecule has 0 spiro atoms. The van der Waals surface area contributed by atoms with Crippen molar-refractivity contribution in [1.29, 1.82) is 0 Å². The number of hydrogen-bond acceptors (Lipinski definition) is 0. The molecule has 0 aromatic heterocycles. The summed E-state index contributed by atoms with van der Waals surface area (Å²) >= 11 is 0. The van der Waals surface area contributed by atoms with Gasteiger partial charge in [-0.2, -0.15) is 0 Å². The molecule has 1 aliphatic rings.